The van der Waals surface area contributed by atoms with E-state index in [1.807, 2.05) is 50.0 Å². The number of carbonyl (C=O) groups excluding carboxylic acids is 1. The number of aldehydes is 1. The third kappa shape index (κ3) is 8.74. The van der Waals surface area contributed by atoms with Gasteiger partial charge in [0.15, 0.2) is 6.29 Å². The Labute approximate surface area is 167 Å². The normalized spacial score (nSPS) is 17.5. The molecule has 0 saturated carbocycles. The maximum absolute atomic E-state index is 10.8. The molecule has 0 aromatic carbocycles. The number of thioether (sulfide) groups is 1. The van der Waals surface area contributed by atoms with E-state index in [2.05, 4.69) is 18.8 Å². The minimum atomic E-state index is 0.572. The highest BCUT2D eigenvalue weighted by Gasteiger charge is 2.20. The Morgan fingerprint density at radius 3 is 2.52 bits per heavy atom. The zero-order valence-corrected chi connectivity index (χ0v) is 18.0. The van der Waals surface area contributed by atoms with Crippen LogP contribution in [0.15, 0.2) is 39.5 Å². The second-order valence-corrected chi connectivity index (χ2v) is 7.25. The van der Waals surface area contributed by atoms with Crippen molar-refractivity contribution in [2.45, 2.75) is 46.1 Å². The van der Waals surface area contributed by atoms with Crippen LogP contribution in [0.5, 0.6) is 0 Å². The van der Waals surface area contributed by atoms with E-state index < -0.39 is 0 Å². The molecular weight excluding hydrogens is 358 g/mol. The number of carbonyl (C=O) groups is 1. The van der Waals surface area contributed by atoms with Crippen molar-refractivity contribution in [3.63, 3.8) is 0 Å². The predicted octanol–water partition coefficient (Wildman–Crippen LogP) is 4.19. The van der Waals surface area contributed by atoms with Crippen LogP contribution in [0.25, 0.3) is 0 Å². The van der Waals surface area contributed by atoms with Crippen LogP contribution in [-0.4, -0.2) is 54.7 Å². The van der Waals surface area contributed by atoms with Crippen molar-refractivity contribution in [1.29, 1.82) is 10.7 Å². The summed E-state index contributed by atoms with van der Waals surface area (Å²) in [6.45, 7) is 6.31. The summed E-state index contributed by atoms with van der Waals surface area (Å²) in [5, 5.41) is 16.2. The monoisotopic (exact) mass is 389 g/mol. The highest BCUT2D eigenvalue weighted by molar-refractivity contribution is 8.18. The van der Waals surface area contributed by atoms with Crippen molar-refractivity contribution in [3.8, 4) is 6.07 Å². The van der Waals surface area contributed by atoms with Gasteiger partial charge in [0.1, 0.15) is 5.04 Å². The number of hydrogen-bond donors (Lipinski definition) is 1. The summed E-state index contributed by atoms with van der Waals surface area (Å²) in [7, 11) is 5.84. The Morgan fingerprint density at radius 1 is 1.41 bits per heavy atom. The number of rotatable bonds is 8. The molecule has 148 valence electrons. The van der Waals surface area contributed by atoms with Gasteiger partial charge in [0.2, 0.25) is 0 Å². The lowest BCUT2D eigenvalue weighted by Crippen LogP contribution is -2.29. The fourth-order valence-electron chi connectivity index (χ4n) is 2.33. The van der Waals surface area contributed by atoms with Gasteiger partial charge in [-0.3, -0.25) is 10.2 Å². The maximum Gasteiger partial charge on any atom is 0.156 e. The van der Waals surface area contributed by atoms with Gasteiger partial charge < -0.3 is 9.80 Å². The van der Waals surface area contributed by atoms with Crippen LogP contribution in [0.4, 0.5) is 0 Å². The molecule has 0 aromatic rings. The van der Waals surface area contributed by atoms with Crippen LogP contribution in [0.1, 0.15) is 40.0 Å². The van der Waals surface area contributed by atoms with Gasteiger partial charge in [-0.1, -0.05) is 32.0 Å². The van der Waals surface area contributed by atoms with Crippen molar-refractivity contribution in [1.82, 2.24) is 9.80 Å². The molecular formula is C20H31N5OS. The largest absolute Gasteiger partial charge is 0.381 e. The average Bonchev–Trinajstić information content (AvgIpc) is 3.08. The zero-order chi connectivity index (χ0) is 20.8. The summed E-state index contributed by atoms with van der Waals surface area (Å²) in [4.78, 5) is 19.5. The lowest BCUT2D eigenvalue weighted by molar-refractivity contribution is -0.104. The Morgan fingerprint density at radius 2 is 2.07 bits per heavy atom. The molecule has 1 N–H and O–H groups in total. The second-order valence-electron chi connectivity index (χ2n) is 6.18. The minimum Gasteiger partial charge on any atom is -0.381 e. The minimum absolute atomic E-state index is 0.572. The number of nitrogens with zero attached hydrogens (tertiary/aromatic N) is 4. The van der Waals surface area contributed by atoms with E-state index in [-0.39, 0.29) is 0 Å². The first kappa shape index (κ1) is 24.7. The average molecular weight is 390 g/mol. The number of allylic oxidation sites excluding steroid dienone is 4. The van der Waals surface area contributed by atoms with E-state index in [0.29, 0.717) is 10.9 Å². The Bertz CT molecular complexity index is 656. The van der Waals surface area contributed by atoms with Crippen molar-refractivity contribution in [2.24, 2.45) is 4.99 Å². The van der Waals surface area contributed by atoms with Gasteiger partial charge in [-0.05, 0) is 25.8 Å². The van der Waals surface area contributed by atoms with E-state index in [4.69, 9.17) is 10.7 Å². The fourth-order valence-corrected chi connectivity index (χ4v) is 3.21. The first-order chi connectivity index (χ1) is 12.9. The maximum atomic E-state index is 10.8. The SMILES string of the molecule is C/C(=C1/C=C(C=O)S/C1=N/C=C/C#N)N(C)C.CCCC(CC)N(C)C=N. The van der Waals surface area contributed by atoms with E-state index in [1.54, 1.807) is 0 Å². The smallest absolute Gasteiger partial charge is 0.156 e. The van der Waals surface area contributed by atoms with Crippen molar-refractivity contribution >= 4 is 29.4 Å². The molecule has 1 aliphatic rings. The molecule has 1 aliphatic heterocycles. The van der Waals surface area contributed by atoms with Gasteiger partial charge in [-0.25, -0.2) is 4.99 Å². The first-order valence-electron chi connectivity index (χ1n) is 8.94. The summed E-state index contributed by atoms with van der Waals surface area (Å²) in [5.74, 6) is 0. The molecule has 0 fully saturated rings. The molecule has 0 bridgehead atoms. The predicted molar refractivity (Wildman–Crippen MR) is 116 cm³/mol. The lowest BCUT2D eigenvalue weighted by atomic mass is 10.1. The Balaban J connectivity index is 0.000000580. The van der Waals surface area contributed by atoms with Crippen LogP contribution in [0, 0.1) is 16.7 Å². The molecule has 1 unspecified atom stereocenters. The number of hydrogen-bond acceptors (Lipinski definition) is 6. The van der Waals surface area contributed by atoms with Crippen LogP contribution >= 0.6 is 11.8 Å². The van der Waals surface area contributed by atoms with Gasteiger partial charge in [0.25, 0.3) is 0 Å². The lowest BCUT2D eigenvalue weighted by Gasteiger charge is -2.23. The van der Waals surface area contributed by atoms with Crippen LogP contribution in [0.3, 0.4) is 0 Å². The number of aliphatic imine (C=N–C) groups is 1. The summed E-state index contributed by atoms with van der Waals surface area (Å²) in [5.41, 5.74) is 1.95. The molecule has 0 aliphatic carbocycles. The van der Waals surface area contributed by atoms with Gasteiger partial charge in [-0.15, -0.1) is 0 Å². The van der Waals surface area contributed by atoms with Gasteiger partial charge in [-0.2, -0.15) is 5.26 Å². The van der Waals surface area contributed by atoms with Crippen LogP contribution in [-0.2, 0) is 4.79 Å². The van der Waals surface area contributed by atoms with Crippen molar-refractivity contribution < 1.29 is 4.79 Å². The summed E-state index contributed by atoms with van der Waals surface area (Å²) in [6.07, 6.45) is 10.3. The zero-order valence-electron chi connectivity index (χ0n) is 17.2. The number of nitrogens with one attached hydrogen (secondary N) is 1. The van der Waals surface area contributed by atoms with E-state index in [9.17, 15) is 4.79 Å². The first-order valence-corrected chi connectivity index (χ1v) is 9.75. The molecule has 0 aromatic heterocycles. The van der Waals surface area contributed by atoms with E-state index >= 15 is 0 Å². The Kier molecular flexibility index (Phi) is 12.6. The number of nitriles is 1. The molecule has 7 heteroatoms. The summed E-state index contributed by atoms with van der Waals surface area (Å²) < 4.78 is 0. The quantitative estimate of drug-likeness (QED) is 0.291. The van der Waals surface area contributed by atoms with Gasteiger partial charge in [0, 0.05) is 50.7 Å². The van der Waals surface area contributed by atoms with Gasteiger partial charge in [0.05, 0.1) is 17.3 Å². The van der Waals surface area contributed by atoms with E-state index in [0.717, 1.165) is 29.0 Å². The fraction of sp³-hybridized carbons (Fsp3) is 0.500. The van der Waals surface area contributed by atoms with Gasteiger partial charge >= 0.3 is 0 Å². The highest BCUT2D eigenvalue weighted by atomic mass is 32.2. The van der Waals surface area contributed by atoms with E-state index in [1.165, 1.54) is 43.2 Å². The molecule has 0 saturated heterocycles. The standard InChI is InChI=1S/C12H13N3OS.C8H18N2/c1-9(15(2)3)11-7-10(8-16)17-12(11)14-6-4-5-13;1-4-6-8(5-2)10(3)7-9/h4,6-8H,1-3H3;7-9H,4-6H2,1-3H3/b6-4+,11-9+,14-12+;. The topological polar surface area (TPSA) is 83.6 Å². The molecule has 0 radical (unpaired) electrons. The molecule has 0 spiro atoms. The van der Waals surface area contributed by atoms with Crippen LogP contribution < -0.4 is 0 Å². The molecule has 1 heterocycles. The Hall–Kier alpha value is -2.33. The summed E-state index contributed by atoms with van der Waals surface area (Å²) >= 11 is 1.31. The van der Waals surface area contributed by atoms with Crippen molar-refractivity contribution in [2.75, 3.05) is 21.1 Å². The molecule has 6 nitrogen and oxygen atoms in total. The highest BCUT2D eigenvalue weighted by Crippen LogP contribution is 2.32. The third-order valence-electron chi connectivity index (χ3n) is 4.12. The second kappa shape index (κ2) is 13.8. The summed E-state index contributed by atoms with van der Waals surface area (Å²) in [6, 6.07) is 2.45. The molecule has 1 atom stereocenters. The molecule has 0 amide bonds. The third-order valence-corrected chi connectivity index (χ3v) is 5.09. The molecule has 27 heavy (non-hydrogen) atoms. The van der Waals surface area contributed by atoms with Crippen LogP contribution in [0.2, 0.25) is 0 Å². The molecule has 1 rings (SSSR count). The van der Waals surface area contributed by atoms with Crippen molar-refractivity contribution in [3.05, 3.63) is 34.5 Å².